The molecule has 0 spiro atoms. The molecule has 0 amide bonds. The molecule has 0 aromatic heterocycles. The molecule has 3 N–H and O–H groups in total. The fourth-order valence-corrected chi connectivity index (χ4v) is 2.06. The Morgan fingerprint density at radius 2 is 1.67 bits per heavy atom. The van der Waals surface area contributed by atoms with Crippen LogP contribution < -0.4 is 5.32 Å². The Balaban J connectivity index is 2.83. The van der Waals surface area contributed by atoms with Gasteiger partial charge in [-0.1, -0.05) is 19.9 Å². The van der Waals surface area contributed by atoms with Crippen LogP contribution in [-0.4, -0.2) is 22.4 Å². The molecular formula is C15H25NO2. The van der Waals surface area contributed by atoms with Crippen molar-refractivity contribution >= 4 is 0 Å². The first-order chi connectivity index (χ1) is 8.48. The number of hydrogen-bond acceptors (Lipinski definition) is 3. The molecule has 0 saturated heterocycles. The van der Waals surface area contributed by atoms with Crippen molar-refractivity contribution in [2.24, 2.45) is 0 Å². The summed E-state index contributed by atoms with van der Waals surface area (Å²) >= 11 is 0. The summed E-state index contributed by atoms with van der Waals surface area (Å²) in [4.78, 5) is 0. The van der Waals surface area contributed by atoms with E-state index in [-0.39, 0.29) is 12.1 Å². The van der Waals surface area contributed by atoms with Crippen LogP contribution in [0.3, 0.4) is 0 Å². The van der Waals surface area contributed by atoms with Crippen LogP contribution in [0.1, 0.15) is 43.4 Å². The average Bonchev–Trinajstić information content (AvgIpc) is 2.37. The van der Waals surface area contributed by atoms with Crippen LogP contribution in [0, 0.1) is 13.8 Å². The predicted octanol–water partition coefficient (Wildman–Crippen LogP) is 2.65. The standard InChI is InChI=1S/C15H25NO2/c1-5-15(6-2,10-17)16-9-13-7-11(3)12(4)8-14(13)18/h7-8,16-18H,5-6,9-10H2,1-4H3. The number of phenolic OH excluding ortho intramolecular Hbond substituents is 1. The lowest BCUT2D eigenvalue weighted by molar-refractivity contribution is 0.149. The summed E-state index contributed by atoms with van der Waals surface area (Å²) in [5.41, 5.74) is 2.91. The molecule has 3 heteroatoms. The van der Waals surface area contributed by atoms with E-state index in [1.54, 1.807) is 6.07 Å². The van der Waals surface area contributed by atoms with Crippen molar-refractivity contribution in [1.82, 2.24) is 5.32 Å². The molecule has 0 unspecified atom stereocenters. The quantitative estimate of drug-likeness (QED) is 0.728. The van der Waals surface area contributed by atoms with E-state index in [9.17, 15) is 10.2 Å². The Labute approximate surface area is 110 Å². The van der Waals surface area contributed by atoms with E-state index in [1.165, 1.54) is 5.56 Å². The molecule has 1 aromatic carbocycles. The molecule has 0 heterocycles. The number of hydrogen-bond donors (Lipinski definition) is 3. The van der Waals surface area contributed by atoms with E-state index < -0.39 is 0 Å². The summed E-state index contributed by atoms with van der Waals surface area (Å²) in [7, 11) is 0. The van der Waals surface area contributed by atoms with E-state index in [0.29, 0.717) is 12.3 Å². The Bertz CT molecular complexity index is 389. The van der Waals surface area contributed by atoms with Gasteiger partial charge in [-0.2, -0.15) is 0 Å². The second-order valence-electron chi connectivity index (χ2n) is 5.06. The largest absolute Gasteiger partial charge is 0.508 e. The molecule has 102 valence electrons. The van der Waals surface area contributed by atoms with Crippen LogP contribution in [0.25, 0.3) is 0 Å². The van der Waals surface area contributed by atoms with Gasteiger partial charge in [0.2, 0.25) is 0 Å². The van der Waals surface area contributed by atoms with Gasteiger partial charge in [-0.3, -0.25) is 0 Å². The lowest BCUT2D eigenvalue weighted by atomic mass is 9.93. The minimum Gasteiger partial charge on any atom is -0.508 e. The third kappa shape index (κ3) is 3.24. The van der Waals surface area contributed by atoms with Gasteiger partial charge in [-0.05, 0) is 43.9 Å². The lowest BCUT2D eigenvalue weighted by Crippen LogP contribution is -2.47. The third-order valence-electron chi connectivity index (χ3n) is 4.01. The summed E-state index contributed by atoms with van der Waals surface area (Å²) in [5, 5.41) is 22.8. The number of benzene rings is 1. The number of aliphatic hydroxyl groups excluding tert-OH is 1. The second kappa shape index (κ2) is 6.21. The molecule has 0 saturated carbocycles. The lowest BCUT2D eigenvalue weighted by Gasteiger charge is -2.31. The summed E-state index contributed by atoms with van der Waals surface area (Å²) in [5.74, 6) is 0.324. The van der Waals surface area contributed by atoms with E-state index in [2.05, 4.69) is 19.2 Å². The highest BCUT2D eigenvalue weighted by Crippen LogP contribution is 2.23. The van der Waals surface area contributed by atoms with Crippen LogP contribution in [0.5, 0.6) is 5.75 Å². The van der Waals surface area contributed by atoms with Crippen LogP contribution in [0.4, 0.5) is 0 Å². The molecule has 1 rings (SSSR count). The normalized spacial score (nSPS) is 11.8. The maximum absolute atomic E-state index is 9.93. The molecule has 0 aliphatic carbocycles. The molecule has 18 heavy (non-hydrogen) atoms. The average molecular weight is 251 g/mol. The van der Waals surface area contributed by atoms with Crippen molar-refractivity contribution in [2.45, 2.75) is 52.6 Å². The maximum Gasteiger partial charge on any atom is 0.120 e. The zero-order chi connectivity index (χ0) is 13.8. The monoisotopic (exact) mass is 251 g/mol. The molecule has 0 fully saturated rings. The van der Waals surface area contributed by atoms with E-state index in [0.717, 1.165) is 24.0 Å². The Hall–Kier alpha value is -1.06. The number of rotatable bonds is 6. The molecular weight excluding hydrogens is 226 g/mol. The first-order valence-corrected chi connectivity index (χ1v) is 6.63. The van der Waals surface area contributed by atoms with Crippen molar-refractivity contribution in [2.75, 3.05) is 6.61 Å². The van der Waals surface area contributed by atoms with Crippen LogP contribution in [0.2, 0.25) is 0 Å². The molecule has 0 radical (unpaired) electrons. The molecule has 0 aliphatic heterocycles. The smallest absolute Gasteiger partial charge is 0.120 e. The van der Waals surface area contributed by atoms with Gasteiger partial charge >= 0.3 is 0 Å². The van der Waals surface area contributed by atoms with Gasteiger partial charge in [0.1, 0.15) is 5.75 Å². The van der Waals surface area contributed by atoms with Gasteiger partial charge in [-0.25, -0.2) is 0 Å². The Morgan fingerprint density at radius 3 is 2.17 bits per heavy atom. The zero-order valence-corrected chi connectivity index (χ0v) is 11.9. The molecule has 0 bridgehead atoms. The molecule has 0 atom stereocenters. The number of phenols is 1. The number of aliphatic hydroxyl groups is 1. The SMILES string of the molecule is CCC(CC)(CO)NCc1cc(C)c(C)cc1O. The fourth-order valence-electron chi connectivity index (χ4n) is 2.06. The van der Waals surface area contributed by atoms with E-state index in [4.69, 9.17) is 0 Å². The zero-order valence-electron chi connectivity index (χ0n) is 11.9. The van der Waals surface area contributed by atoms with Crippen molar-refractivity contribution in [3.63, 3.8) is 0 Å². The Morgan fingerprint density at radius 1 is 1.11 bits per heavy atom. The van der Waals surface area contributed by atoms with Gasteiger partial charge in [-0.15, -0.1) is 0 Å². The minimum absolute atomic E-state index is 0.117. The fraction of sp³-hybridized carbons (Fsp3) is 0.600. The second-order valence-corrected chi connectivity index (χ2v) is 5.06. The summed E-state index contributed by atoms with van der Waals surface area (Å²) in [6.07, 6.45) is 1.73. The summed E-state index contributed by atoms with van der Waals surface area (Å²) < 4.78 is 0. The summed E-state index contributed by atoms with van der Waals surface area (Å²) in [6.45, 7) is 8.85. The van der Waals surface area contributed by atoms with Crippen molar-refractivity contribution in [1.29, 1.82) is 0 Å². The van der Waals surface area contributed by atoms with Crippen molar-refractivity contribution in [3.05, 3.63) is 28.8 Å². The molecule has 1 aromatic rings. The molecule has 0 aliphatic rings. The number of nitrogens with one attached hydrogen (secondary N) is 1. The first-order valence-electron chi connectivity index (χ1n) is 6.63. The first kappa shape index (κ1) is 15.0. The van der Waals surface area contributed by atoms with Gasteiger partial charge in [0.15, 0.2) is 0 Å². The van der Waals surface area contributed by atoms with E-state index in [1.807, 2.05) is 19.9 Å². The topological polar surface area (TPSA) is 52.5 Å². The van der Waals surface area contributed by atoms with Crippen molar-refractivity contribution in [3.8, 4) is 5.75 Å². The van der Waals surface area contributed by atoms with Gasteiger partial charge in [0.05, 0.1) is 6.61 Å². The van der Waals surface area contributed by atoms with Gasteiger partial charge < -0.3 is 15.5 Å². The Kier molecular flexibility index (Phi) is 5.17. The third-order valence-corrected chi connectivity index (χ3v) is 4.01. The van der Waals surface area contributed by atoms with Crippen LogP contribution in [-0.2, 0) is 6.54 Å². The van der Waals surface area contributed by atoms with Crippen LogP contribution >= 0.6 is 0 Å². The predicted molar refractivity (Wildman–Crippen MR) is 74.8 cm³/mol. The summed E-state index contributed by atoms with van der Waals surface area (Å²) in [6, 6.07) is 3.80. The molecule has 3 nitrogen and oxygen atoms in total. The van der Waals surface area contributed by atoms with Gasteiger partial charge in [0, 0.05) is 17.6 Å². The highest BCUT2D eigenvalue weighted by Gasteiger charge is 2.24. The van der Waals surface area contributed by atoms with Crippen LogP contribution in [0.15, 0.2) is 12.1 Å². The highest BCUT2D eigenvalue weighted by atomic mass is 16.3. The van der Waals surface area contributed by atoms with Gasteiger partial charge in [0.25, 0.3) is 0 Å². The van der Waals surface area contributed by atoms with E-state index >= 15 is 0 Å². The number of aromatic hydroxyl groups is 1. The number of aryl methyl sites for hydroxylation is 2. The van der Waals surface area contributed by atoms with Crippen molar-refractivity contribution < 1.29 is 10.2 Å². The maximum atomic E-state index is 9.93. The minimum atomic E-state index is -0.245. The highest BCUT2D eigenvalue weighted by molar-refractivity contribution is 5.40.